The van der Waals surface area contributed by atoms with Gasteiger partial charge in [0.1, 0.15) is 41.4 Å². The fourth-order valence-corrected chi connectivity index (χ4v) is 7.87. The molecule has 3 aliphatic heterocycles. The van der Waals surface area contributed by atoms with Gasteiger partial charge in [-0.3, -0.25) is 9.88 Å². The molecule has 2 aromatic carbocycles. The van der Waals surface area contributed by atoms with Gasteiger partial charge in [-0.25, -0.2) is 13.2 Å². The van der Waals surface area contributed by atoms with Gasteiger partial charge in [-0.1, -0.05) is 13.0 Å². The van der Waals surface area contributed by atoms with Crippen LogP contribution in [-0.4, -0.2) is 81.0 Å². The maximum Gasteiger partial charge on any atom is 0.319 e. The van der Waals surface area contributed by atoms with Gasteiger partial charge >= 0.3 is 6.01 Å². The normalized spacial score (nSPS) is 22.8. The molecular formula is C31H32F3N5O2S. The first kappa shape index (κ1) is 27.5. The molecule has 5 heterocycles. The fourth-order valence-electron chi connectivity index (χ4n) is 6.97. The molecule has 0 radical (unpaired) electrons. The van der Waals surface area contributed by atoms with E-state index in [9.17, 15) is 13.9 Å². The first-order valence-corrected chi connectivity index (χ1v) is 15.7. The lowest BCUT2D eigenvalue weighted by Crippen LogP contribution is -2.43. The summed E-state index contributed by atoms with van der Waals surface area (Å²) in [4.78, 5) is 18.0. The van der Waals surface area contributed by atoms with Gasteiger partial charge in [0.2, 0.25) is 0 Å². The Kier molecular flexibility index (Phi) is 7.05. The zero-order valence-electron chi connectivity index (χ0n) is 23.4. The third-order valence-electron chi connectivity index (χ3n) is 8.95. The van der Waals surface area contributed by atoms with Crippen molar-refractivity contribution < 1.29 is 23.0 Å². The number of thioether (sulfide) groups is 1. The van der Waals surface area contributed by atoms with Crippen LogP contribution in [0.2, 0.25) is 0 Å². The molecule has 1 N–H and O–H groups in total. The van der Waals surface area contributed by atoms with Crippen molar-refractivity contribution in [2.45, 2.75) is 44.3 Å². The average molecular weight is 596 g/mol. The van der Waals surface area contributed by atoms with Gasteiger partial charge in [0.05, 0.1) is 10.9 Å². The predicted molar refractivity (Wildman–Crippen MR) is 159 cm³/mol. The zero-order valence-corrected chi connectivity index (χ0v) is 24.2. The maximum atomic E-state index is 16.6. The first-order chi connectivity index (χ1) is 20.4. The minimum Gasteiger partial charge on any atom is -0.508 e. The van der Waals surface area contributed by atoms with Crippen LogP contribution in [0.15, 0.2) is 30.5 Å². The molecule has 0 amide bonds. The number of fused-ring (bicyclic) bond motifs is 3. The number of alkyl halides is 1. The third-order valence-corrected chi connectivity index (χ3v) is 9.89. The van der Waals surface area contributed by atoms with Crippen LogP contribution in [0.1, 0.15) is 31.7 Å². The third kappa shape index (κ3) is 4.61. The number of aromatic hydroxyl groups is 1. The molecule has 4 aromatic rings. The highest BCUT2D eigenvalue weighted by atomic mass is 32.2. The van der Waals surface area contributed by atoms with Crippen LogP contribution < -0.4 is 9.64 Å². The molecule has 3 saturated heterocycles. The molecule has 0 saturated carbocycles. The molecule has 0 bridgehead atoms. The SMILES string of the molecule is CCc1c(F)ccc2cc(O)cc(-c3ncc4c(N5CCSCC5)nc(OC[C@@]56CCCN5C[C@H](F)C6)nc4c3F)c12. The fraction of sp³-hybridized carbons (Fsp3) is 0.452. The number of rotatable bonds is 6. The predicted octanol–water partition coefficient (Wildman–Crippen LogP) is 5.90. The molecule has 7 nitrogen and oxygen atoms in total. The molecule has 2 aromatic heterocycles. The van der Waals surface area contributed by atoms with Crippen LogP contribution in [0.4, 0.5) is 19.0 Å². The molecule has 0 unspecified atom stereocenters. The number of anilines is 1. The Morgan fingerprint density at radius 1 is 1.14 bits per heavy atom. The van der Waals surface area contributed by atoms with Gasteiger partial charge in [0.25, 0.3) is 0 Å². The second-order valence-electron chi connectivity index (χ2n) is 11.4. The summed E-state index contributed by atoms with van der Waals surface area (Å²) >= 11 is 1.85. The quantitative estimate of drug-likeness (QED) is 0.296. The van der Waals surface area contributed by atoms with Crippen molar-refractivity contribution in [2.24, 2.45) is 0 Å². The lowest BCUT2D eigenvalue weighted by atomic mass is 9.94. The van der Waals surface area contributed by atoms with Gasteiger partial charge < -0.3 is 14.7 Å². The molecule has 3 aliphatic rings. The number of phenolic OH excluding ortho intramolecular Hbond substituents is 1. The second kappa shape index (κ2) is 10.8. The van der Waals surface area contributed by atoms with Crippen LogP contribution in [0.25, 0.3) is 32.9 Å². The lowest BCUT2D eigenvalue weighted by Gasteiger charge is -2.31. The topological polar surface area (TPSA) is 74.6 Å². The second-order valence-corrected chi connectivity index (χ2v) is 12.7. The van der Waals surface area contributed by atoms with Gasteiger partial charge in [0.15, 0.2) is 5.82 Å². The molecule has 7 rings (SSSR count). The highest BCUT2D eigenvalue weighted by Crippen LogP contribution is 2.42. The van der Waals surface area contributed by atoms with Crippen molar-refractivity contribution >= 4 is 39.3 Å². The monoisotopic (exact) mass is 595 g/mol. The molecular weight excluding hydrogens is 563 g/mol. The van der Waals surface area contributed by atoms with E-state index in [4.69, 9.17) is 9.72 Å². The standard InChI is InChI=1S/C31H32F3N5O2S/c1-2-21-24(33)5-4-18-12-20(40)13-22(25(18)21)27-26(34)28-23(15-35-27)29(38-8-10-42-11-9-38)37-30(36-28)41-17-31-6-3-7-39(31)16-19(32)14-31/h4-5,12-13,15,19,40H,2-3,6-11,14,16-17H2,1H3/t19-,31+/m1/s1. The zero-order chi connectivity index (χ0) is 29.0. The van der Waals surface area contributed by atoms with Gasteiger partial charge in [-0.15, -0.1) is 0 Å². The average Bonchev–Trinajstić information content (AvgIpc) is 3.52. The van der Waals surface area contributed by atoms with Crippen molar-refractivity contribution in [1.29, 1.82) is 0 Å². The number of hydrogen-bond acceptors (Lipinski definition) is 8. The van der Waals surface area contributed by atoms with Gasteiger partial charge in [-0.2, -0.15) is 21.7 Å². The Bertz CT molecular complexity index is 1680. The lowest BCUT2D eigenvalue weighted by molar-refractivity contribution is 0.107. The summed E-state index contributed by atoms with van der Waals surface area (Å²) in [7, 11) is 0. The number of phenols is 1. The molecule has 2 atom stereocenters. The highest BCUT2D eigenvalue weighted by Gasteiger charge is 2.49. The van der Waals surface area contributed by atoms with Crippen molar-refractivity contribution in [2.75, 3.05) is 49.2 Å². The maximum absolute atomic E-state index is 16.6. The van der Waals surface area contributed by atoms with E-state index < -0.39 is 23.3 Å². The Labute approximate surface area is 246 Å². The van der Waals surface area contributed by atoms with E-state index in [1.165, 1.54) is 18.2 Å². The van der Waals surface area contributed by atoms with E-state index >= 15 is 4.39 Å². The Balaban J connectivity index is 1.37. The van der Waals surface area contributed by atoms with Crippen LogP contribution >= 0.6 is 11.8 Å². The number of halogens is 3. The molecule has 11 heteroatoms. The molecule has 0 aliphatic carbocycles. The van der Waals surface area contributed by atoms with Gasteiger partial charge in [0, 0.05) is 49.3 Å². The summed E-state index contributed by atoms with van der Waals surface area (Å²) in [6.45, 7) is 4.76. The van der Waals surface area contributed by atoms with Crippen LogP contribution in [-0.2, 0) is 6.42 Å². The van der Waals surface area contributed by atoms with Crippen molar-refractivity contribution in [3.8, 4) is 23.0 Å². The number of nitrogens with zero attached hydrogens (tertiary/aromatic N) is 5. The summed E-state index contributed by atoms with van der Waals surface area (Å²) in [6.07, 6.45) is 3.26. The van der Waals surface area contributed by atoms with E-state index in [0.29, 0.717) is 46.9 Å². The van der Waals surface area contributed by atoms with E-state index in [0.717, 1.165) is 44.0 Å². The van der Waals surface area contributed by atoms with Gasteiger partial charge in [-0.05, 0) is 60.3 Å². The van der Waals surface area contributed by atoms with Crippen molar-refractivity contribution in [3.63, 3.8) is 0 Å². The van der Waals surface area contributed by atoms with Crippen LogP contribution in [0.3, 0.4) is 0 Å². The number of hydrogen-bond donors (Lipinski definition) is 1. The van der Waals surface area contributed by atoms with Crippen LogP contribution in [0, 0.1) is 11.6 Å². The molecule has 0 spiro atoms. The Hall–Kier alpha value is -3.31. The number of pyridine rings is 1. The van der Waals surface area contributed by atoms with Crippen molar-refractivity contribution in [3.05, 3.63) is 47.7 Å². The largest absolute Gasteiger partial charge is 0.508 e. The molecule has 3 fully saturated rings. The Morgan fingerprint density at radius 2 is 1.98 bits per heavy atom. The summed E-state index contributed by atoms with van der Waals surface area (Å²) < 4.78 is 52.0. The number of benzene rings is 2. The smallest absolute Gasteiger partial charge is 0.319 e. The summed E-state index contributed by atoms with van der Waals surface area (Å²) in [5, 5.41) is 12.0. The van der Waals surface area contributed by atoms with E-state index in [1.54, 1.807) is 12.3 Å². The van der Waals surface area contributed by atoms with E-state index in [2.05, 4.69) is 19.8 Å². The summed E-state index contributed by atoms with van der Waals surface area (Å²) in [5.74, 6) is 1.19. The number of ether oxygens (including phenoxy) is 1. The summed E-state index contributed by atoms with van der Waals surface area (Å²) in [6, 6.07) is 5.92. The molecule has 220 valence electrons. The van der Waals surface area contributed by atoms with E-state index in [1.807, 2.05) is 18.7 Å². The minimum atomic E-state index is -0.895. The highest BCUT2D eigenvalue weighted by molar-refractivity contribution is 7.99. The van der Waals surface area contributed by atoms with E-state index in [-0.39, 0.29) is 35.1 Å². The van der Waals surface area contributed by atoms with Crippen molar-refractivity contribution in [1.82, 2.24) is 19.9 Å². The summed E-state index contributed by atoms with van der Waals surface area (Å²) in [5.41, 5.74) is 0.316. The van der Waals surface area contributed by atoms with Crippen LogP contribution in [0.5, 0.6) is 11.8 Å². The first-order valence-electron chi connectivity index (χ1n) is 14.5. The minimum absolute atomic E-state index is 0.0369. The number of aryl methyl sites for hydroxylation is 1. The number of aromatic nitrogens is 3. The Morgan fingerprint density at radius 3 is 2.79 bits per heavy atom. The molecule has 42 heavy (non-hydrogen) atoms.